The van der Waals surface area contributed by atoms with E-state index in [1.807, 2.05) is 66.7 Å². The molecule has 1 N–H and O–H groups in total. The topological polar surface area (TPSA) is 117 Å². The lowest BCUT2D eigenvalue weighted by molar-refractivity contribution is -0.393. The monoisotopic (exact) mass is 512 g/mol. The van der Waals surface area contributed by atoms with Crippen molar-refractivity contribution in [3.05, 3.63) is 127 Å². The Morgan fingerprint density at radius 2 is 1.59 bits per heavy atom. The number of fused-ring (bicyclic) bond motifs is 7. The summed E-state index contributed by atoms with van der Waals surface area (Å²) in [6, 6.07) is 26.4. The molecule has 0 aliphatic carbocycles. The van der Waals surface area contributed by atoms with Crippen molar-refractivity contribution in [3.8, 4) is 0 Å². The van der Waals surface area contributed by atoms with Gasteiger partial charge in [-0.1, -0.05) is 48.0 Å². The molecule has 2 bridgehead atoms. The van der Waals surface area contributed by atoms with Crippen molar-refractivity contribution < 1.29 is 9.85 Å². The van der Waals surface area contributed by atoms with Crippen LogP contribution in [0, 0.1) is 20.2 Å². The molecule has 0 saturated carbocycles. The van der Waals surface area contributed by atoms with Gasteiger partial charge in [0.25, 0.3) is 5.69 Å². The second-order valence-corrected chi connectivity index (χ2v) is 8.88. The number of non-ortho nitro benzene ring substituents is 1. The van der Waals surface area contributed by atoms with Crippen LogP contribution < -0.4 is 15.4 Å². The van der Waals surface area contributed by atoms with E-state index in [9.17, 15) is 20.2 Å². The smallest absolute Gasteiger partial charge is 0.271 e. The average Bonchev–Trinajstić information content (AvgIpc) is 3.19. The number of hydrogen-bond donors (Lipinski definition) is 1. The first kappa shape index (κ1) is 22.5. The summed E-state index contributed by atoms with van der Waals surface area (Å²) in [5.41, 5.74) is 7.12. The van der Waals surface area contributed by atoms with Crippen LogP contribution in [0.15, 0.2) is 96.1 Å². The van der Waals surface area contributed by atoms with Crippen molar-refractivity contribution in [2.24, 2.45) is 5.10 Å². The molecule has 182 valence electrons. The van der Waals surface area contributed by atoms with Gasteiger partial charge in [-0.25, -0.2) is 0 Å². The minimum absolute atomic E-state index is 0.0339. The zero-order valence-electron chi connectivity index (χ0n) is 19.0. The van der Waals surface area contributed by atoms with Crippen LogP contribution in [0.3, 0.4) is 0 Å². The second-order valence-electron chi connectivity index (χ2n) is 8.44. The number of anilines is 4. The van der Waals surface area contributed by atoms with E-state index in [2.05, 4.69) is 20.5 Å². The Morgan fingerprint density at radius 1 is 0.838 bits per heavy atom. The maximum absolute atomic E-state index is 11.7. The van der Waals surface area contributed by atoms with Crippen molar-refractivity contribution in [1.29, 1.82) is 0 Å². The zero-order valence-corrected chi connectivity index (χ0v) is 19.7. The summed E-state index contributed by atoms with van der Waals surface area (Å²) in [6.45, 7) is 0. The fourth-order valence-electron chi connectivity index (χ4n) is 4.80. The van der Waals surface area contributed by atoms with Crippen LogP contribution in [0.5, 0.6) is 0 Å². The quantitative estimate of drug-likeness (QED) is 0.236. The predicted octanol–water partition coefficient (Wildman–Crippen LogP) is 6.60. The summed E-state index contributed by atoms with van der Waals surface area (Å²) in [7, 11) is 0. The highest BCUT2D eigenvalue weighted by Crippen LogP contribution is 2.53. The normalized spacial score (nSPS) is 16.4. The van der Waals surface area contributed by atoms with Gasteiger partial charge in [0.15, 0.2) is 0 Å². The molecule has 4 aromatic rings. The van der Waals surface area contributed by atoms with Crippen molar-refractivity contribution in [1.82, 2.24) is 0 Å². The molecule has 2 heterocycles. The van der Waals surface area contributed by atoms with Crippen LogP contribution in [0.4, 0.5) is 34.1 Å². The van der Waals surface area contributed by atoms with Crippen molar-refractivity contribution in [2.75, 3.05) is 15.4 Å². The minimum Gasteiger partial charge on any atom is -0.271 e. The van der Waals surface area contributed by atoms with E-state index >= 15 is 0 Å². The second kappa shape index (κ2) is 8.61. The lowest BCUT2D eigenvalue weighted by atomic mass is 9.95. The number of hydrazone groups is 1. The number of nitrogens with one attached hydrogen (secondary N) is 1. The maximum atomic E-state index is 11.7. The molecule has 11 heteroatoms. The molecule has 0 fully saturated rings. The van der Waals surface area contributed by atoms with Crippen LogP contribution in [0.1, 0.15) is 17.2 Å². The van der Waals surface area contributed by atoms with E-state index in [0.717, 1.165) is 34.3 Å². The van der Waals surface area contributed by atoms with Gasteiger partial charge in [0.05, 0.1) is 38.7 Å². The lowest BCUT2D eigenvalue weighted by Gasteiger charge is -2.41. The SMILES string of the molecule is O=[N+]([O-])c1ccc(N/N=C2\c3cc(Cl)ccc3N3c4ccccc4C2N3c2ccccc2)c([N+](=O)[O-])c1. The van der Waals surface area contributed by atoms with Gasteiger partial charge < -0.3 is 0 Å². The summed E-state index contributed by atoms with van der Waals surface area (Å²) in [4.78, 5) is 21.5. The number of nitrogens with zero attached hydrogens (tertiary/aromatic N) is 5. The molecule has 0 aromatic heterocycles. The third kappa shape index (κ3) is 3.62. The third-order valence-electron chi connectivity index (χ3n) is 6.35. The molecule has 0 saturated heterocycles. The van der Waals surface area contributed by atoms with Gasteiger partial charge in [0.2, 0.25) is 0 Å². The molecule has 2 aliphatic heterocycles. The Kier molecular flexibility index (Phi) is 5.24. The number of halogens is 1. The largest absolute Gasteiger partial charge is 0.301 e. The molecule has 37 heavy (non-hydrogen) atoms. The highest BCUT2D eigenvalue weighted by Gasteiger charge is 2.46. The number of hydrogen-bond acceptors (Lipinski definition) is 8. The molecule has 6 rings (SSSR count). The molecule has 0 spiro atoms. The van der Waals surface area contributed by atoms with Gasteiger partial charge >= 0.3 is 5.69 Å². The van der Waals surface area contributed by atoms with Crippen LogP contribution in [0.25, 0.3) is 0 Å². The molecule has 0 amide bonds. The first-order valence-corrected chi connectivity index (χ1v) is 11.6. The summed E-state index contributed by atoms with van der Waals surface area (Å²) in [5, 5.41) is 32.3. The van der Waals surface area contributed by atoms with Gasteiger partial charge in [-0.15, -0.1) is 0 Å². The van der Waals surface area contributed by atoms with Gasteiger partial charge in [0.1, 0.15) is 11.7 Å². The Bertz CT molecular complexity index is 1610. The first-order valence-electron chi connectivity index (χ1n) is 11.2. The first-order chi connectivity index (χ1) is 17.9. The Labute approximate surface area is 215 Å². The summed E-state index contributed by atoms with van der Waals surface area (Å²) in [6.07, 6.45) is 0. The number of rotatable bonds is 5. The molecular weight excluding hydrogens is 496 g/mol. The fraction of sp³-hybridized carbons (Fsp3) is 0.0385. The fourth-order valence-corrected chi connectivity index (χ4v) is 4.97. The predicted molar refractivity (Wildman–Crippen MR) is 142 cm³/mol. The Balaban J connectivity index is 1.55. The number of para-hydroxylation sites is 2. The zero-order chi connectivity index (χ0) is 25.7. The lowest BCUT2D eigenvalue weighted by Crippen LogP contribution is -2.44. The van der Waals surface area contributed by atoms with E-state index < -0.39 is 15.5 Å². The molecular formula is C26H17ClN6O4. The highest BCUT2D eigenvalue weighted by atomic mass is 35.5. The third-order valence-corrected chi connectivity index (χ3v) is 6.58. The molecule has 1 unspecified atom stereocenters. The number of hydrazine groups is 1. The van der Waals surface area contributed by atoms with E-state index in [0.29, 0.717) is 10.7 Å². The number of benzene rings is 4. The van der Waals surface area contributed by atoms with Gasteiger partial charge in [-0.2, -0.15) is 5.10 Å². The summed E-state index contributed by atoms with van der Waals surface area (Å²) in [5.74, 6) is 0. The van der Waals surface area contributed by atoms with Crippen LogP contribution in [0.2, 0.25) is 5.02 Å². The van der Waals surface area contributed by atoms with E-state index in [1.54, 1.807) is 6.07 Å². The number of nitro groups is 2. The standard InChI is InChI=1S/C26H17ClN6O4/c27-16-10-13-23-20(14-16)25(29-28-21-12-11-18(32(34)35)15-24(21)33(36)37)26-19-8-4-5-9-22(19)31(23)30(26)17-6-2-1-3-7-17/h1-15,26,28H/b29-25+. The summed E-state index contributed by atoms with van der Waals surface area (Å²) >= 11 is 6.39. The Hall–Kier alpha value is -4.96. The number of nitro benzene ring substituents is 2. The van der Waals surface area contributed by atoms with Crippen LogP contribution in [-0.2, 0) is 0 Å². The highest BCUT2D eigenvalue weighted by molar-refractivity contribution is 6.31. The van der Waals surface area contributed by atoms with Gasteiger partial charge in [-0.05, 0) is 42.5 Å². The minimum atomic E-state index is -0.677. The Morgan fingerprint density at radius 3 is 2.35 bits per heavy atom. The van der Waals surface area contributed by atoms with Gasteiger partial charge in [-0.3, -0.25) is 35.7 Å². The molecule has 4 aromatic carbocycles. The molecule has 10 nitrogen and oxygen atoms in total. The van der Waals surface area contributed by atoms with Crippen LogP contribution in [-0.4, -0.2) is 15.6 Å². The van der Waals surface area contributed by atoms with E-state index in [4.69, 9.17) is 11.6 Å². The van der Waals surface area contributed by atoms with E-state index in [1.165, 1.54) is 12.1 Å². The molecule has 1 atom stereocenters. The van der Waals surface area contributed by atoms with Crippen LogP contribution >= 0.6 is 11.6 Å². The average molecular weight is 513 g/mol. The van der Waals surface area contributed by atoms with Crippen molar-refractivity contribution in [3.63, 3.8) is 0 Å². The molecule has 2 aliphatic rings. The summed E-state index contributed by atoms with van der Waals surface area (Å²) < 4.78 is 0. The maximum Gasteiger partial charge on any atom is 0.301 e. The molecule has 0 radical (unpaired) electrons. The van der Waals surface area contributed by atoms with Crippen molar-refractivity contribution >= 4 is 51.4 Å². The van der Waals surface area contributed by atoms with Crippen molar-refractivity contribution in [2.45, 2.75) is 6.04 Å². The van der Waals surface area contributed by atoms with E-state index in [-0.39, 0.29) is 17.4 Å². The van der Waals surface area contributed by atoms with Gasteiger partial charge in [0, 0.05) is 22.2 Å².